The van der Waals surface area contributed by atoms with Crippen LogP contribution in [0.3, 0.4) is 0 Å². The molecular formula is C63H44N2. The van der Waals surface area contributed by atoms with Gasteiger partial charge in [0.2, 0.25) is 0 Å². The number of fused-ring (bicyclic) bond motifs is 9. The lowest BCUT2D eigenvalue weighted by molar-refractivity contribution is 0.661. The Morgan fingerprint density at radius 3 is 1.14 bits per heavy atom. The summed E-state index contributed by atoms with van der Waals surface area (Å²) in [5, 5.41) is 5.06. The van der Waals surface area contributed by atoms with Crippen LogP contribution in [0.2, 0.25) is 0 Å². The predicted molar refractivity (Wildman–Crippen MR) is 274 cm³/mol. The molecule has 2 nitrogen and oxygen atoms in total. The van der Waals surface area contributed by atoms with Crippen LogP contribution in [0.25, 0.3) is 111 Å². The zero-order chi connectivity index (χ0) is 43.2. The number of para-hydroxylation sites is 3. The third-order valence-corrected chi connectivity index (χ3v) is 14.2. The van der Waals surface area contributed by atoms with Crippen LogP contribution in [0, 0.1) is 0 Å². The maximum Gasteiger partial charge on any atom is 0.0541 e. The molecule has 0 aliphatic heterocycles. The van der Waals surface area contributed by atoms with Gasteiger partial charge in [-0.1, -0.05) is 172 Å². The first-order chi connectivity index (χ1) is 32.0. The Morgan fingerprint density at radius 2 is 0.600 bits per heavy atom. The SMILES string of the molecule is CC1(C)c2cc(-c3ccc(-c4ccc5c(c4)c4ccccc4n5-c4ccccc4)cc3)ccc2-c2ccc(-c3ccc4c(c3)c3ccccc3n4-c3ccc(-c4ccccc4)cc3)cc21. The molecule has 1 aliphatic rings. The van der Waals surface area contributed by atoms with Crippen LogP contribution in [0.4, 0.5) is 0 Å². The summed E-state index contributed by atoms with van der Waals surface area (Å²) in [6, 6.07) is 85.0. The Labute approximate surface area is 378 Å². The second-order valence-corrected chi connectivity index (χ2v) is 18.1. The smallest absolute Gasteiger partial charge is 0.0541 e. The molecule has 0 bridgehead atoms. The fourth-order valence-electron chi connectivity index (χ4n) is 10.8. The van der Waals surface area contributed by atoms with Crippen molar-refractivity contribution in [1.29, 1.82) is 0 Å². The van der Waals surface area contributed by atoms with Crippen LogP contribution in [-0.4, -0.2) is 9.13 Å². The average molecular weight is 829 g/mol. The molecule has 0 spiro atoms. The Kier molecular flexibility index (Phi) is 8.29. The zero-order valence-electron chi connectivity index (χ0n) is 36.3. The van der Waals surface area contributed by atoms with E-state index in [0.717, 1.165) is 5.69 Å². The molecule has 65 heavy (non-hydrogen) atoms. The highest BCUT2D eigenvalue weighted by Crippen LogP contribution is 2.51. The van der Waals surface area contributed by atoms with Crippen LogP contribution in [-0.2, 0) is 5.41 Å². The number of hydrogen-bond donors (Lipinski definition) is 0. The molecule has 13 rings (SSSR count). The number of nitrogens with zero attached hydrogens (tertiary/aromatic N) is 2. The molecule has 2 aromatic heterocycles. The summed E-state index contributed by atoms with van der Waals surface area (Å²) < 4.78 is 4.78. The van der Waals surface area contributed by atoms with Crippen LogP contribution in [0.1, 0.15) is 25.0 Å². The Hall–Kier alpha value is -8.20. The van der Waals surface area contributed by atoms with E-state index >= 15 is 0 Å². The molecule has 0 saturated heterocycles. The van der Waals surface area contributed by atoms with Crippen molar-refractivity contribution < 1.29 is 0 Å². The molecule has 0 saturated carbocycles. The number of hydrogen-bond acceptors (Lipinski definition) is 0. The van der Waals surface area contributed by atoms with E-state index < -0.39 is 0 Å². The Morgan fingerprint density at radius 1 is 0.262 bits per heavy atom. The van der Waals surface area contributed by atoms with Crippen molar-refractivity contribution in [3.63, 3.8) is 0 Å². The van der Waals surface area contributed by atoms with E-state index in [2.05, 4.69) is 254 Å². The van der Waals surface area contributed by atoms with Gasteiger partial charge in [-0.05, 0) is 140 Å². The van der Waals surface area contributed by atoms with Gasteiger partial charge in [-0.15, -0.1) is 0 Å². The van der Waals surface area contributed by atoms with Crippen molar-refractivity contribution in [2.75, 3.05) is 0 Å². The van der Waals surface area contributed by atoms with E-state index in [1.165, 1.54) is 116 Å². The standard InChI is InChI=1S/C63H44N2/c1-63(2)57-39-47(44-23-21-43(22-24-44)45-29-35-61-55(37-45)53-17-9-11-19-59(53)64(61)49-15-7-4-8-16-49)27-33-51(57)52-34-28-48(40-58(52)63)46-30-36-62-56(38-46)54-18-10-12-20-60(54)65(62)50-31-25-42(26-32-50)41-13-5-3-6-14-41/h3-40H,1-2H3. The first-order valence-corrected chi connectivity index (χ1v) is 22.7. The molecule has 10 aromatic carbocycles. The van der Waals surface area contributed by atoms with E-state index in [4.69, 9.17) is 0 Å². The minimum atomic E-state index is -0.156. The summed E-state index contributed by atoms with van der Waals surface area (Å²) in [4.78, 5) is 0. The average Bonchev–Trinajstić information content (AvgIpc) is 3.96. The highest BCUT2D eigenvalue weighted by molar-refractivity contribution is 6.11. The highest BCUT2D eigenvalue weighted by atomic mass is 15.0. The van der Waals surface area contributed by atoms with Crippen molar-refractivity contribution in [3.05, 3.63) is 242 Å². The molecule has 0 N–H and O–H groups in total. The summed E-state index contributed by atoms with van der Waals surface area (Å²) in [6.45, 7) is 4.78. The highest BCUT2D eigenvalue weighted by Gasteiger charge is 2.36. The van der Waals surface area contributed by atoms with Gasteiger partial charge >= 0.3 is 0 Å². The van der Waals surface area contributed by atoms with Crippen molar-refractivity contribution in [1.82, 2.24) is 9.13 Å². The van der Waals surface area contributed by atoms with Gasteiger partial charge < -0.3 is 9.13 Å². The summed E-state index contributed by atoms with van der Waals surface area (Å²) in [5.74, 6) is 0. The van der Waals surface area contributed by atoms with Gasteiger partial charge in [0.15, 0.2) is 0 Å². The first kappa shape index (κ1) is 37.4. The predicted octanol–water partition coefficient (Wildman–Crippen LogP) is 16.9. The van der Waals surface area contributed by atoms with Gasteiger partial charge in [-0.25, -0.2) is 0 Å². The van der Waals surface area contributed by atoms with Crippen LogP contribution < -0.4 is 0 Å². The summed E-state index contributed by atoms with van der Waals surface area (Å²) in [5.41, 5.74) is 22.3. The van der Waals surface area contributed by atoms with Gasteiger partial charge in [0, 0.05) is 38.3 Å². The topological polar surface area (TPSA) is 9.86 Å². The molecule has 0 atom stereocenters. The zero-order valence-corrected chi connectivity index (χ0v) is 36.3. The largest absolute Gasteiger partial charge is 0.309 e. The molecule has 2 heterocycles. The van der Waals surface area contributed by atoms with E-state index in [0.29, 0.717) is 0 Å². The molecule has 306 valence electrons. The fraction of sp³-hybridized carbons (Fsp3) is 0.0476. The third-order valence-electron chi connectivity index (χ3n) is 14.2. The van der Waals surface area contributed by atoms with Crippen molar-refractivity contribution in [2.45, 2.75) is 19.3 Å². The molecule has 12 aromatic rings. The molecular weight excluding hydrogens is 785 g/mol. The fourth-order valence-corrected chi connectivity index (χ4v) is 10.8. The van der Waals surface area contributed by atoms with Crippen LogP contribution >= 0.6 is 0 Å². The summed E-state index contributed by atoms with van der Waals surface area (Å²) in [7, 11) is 0. The van der Waals surface area contributed by atoms with E-state index in [-0.39, 0.29) is 5.41 Å². The molecule has 2 heteroatoms. The minimum Gasteiger partial charge on any atom is -0.309 e. The summed E-state index contributed by atoms with van der Waals surface area (Å²) in [6.07, 6.45) is 0. The maximum atomic E-state index is 2.44. The maximum absolute atomic E-state index is 2.44. The number of rotatable bonds is 6. The summed E-state index contributed by atoms with van der Waals surface area (Å²) >= 11 is 0. The van der Waals surface area contributed by atoms with Crippen molar-refractivity contribution in [2.24, 2.45) is 0 Å². The van der Waals surface area contributed by atoms with Crippen molar-refractivity contribution >= 4 is 43.6 Å². The molecule has 0 fully saturated rings. The van der Waals surface area contributed by atoms with Gasteiger partial charge in [0.25, 0.3) is 0 Å². The van der Waals surface area contributed by atoms with E-state index in [1.807, 2.05) is 0 Å². The Bertz CT molecular complexity index is 3810. The number of aromatic nitrogens is 2. The van der Waals surface area contributed by atoms with Gasteiger partial charge in [0.1, 0.15) is 0 Å². The van der Waals surface area contributed by atoms with Crippen LogP contribution in [0.5, 0.6) is 0 Å². The lowest BCUT2D eigenvalue weighted by Crippen LogP contribution is -2.15. The van der Waals surface area contributed by atoms with Gasteiger partial charge in [-0.2, -0.15) is 0 Å². The van der Waals surface area contributed by atoms with Crippen molar-refractivity contribution in [3.8, 4) is 67.0 Å². The van der Waals surface area contributed by atoms with E-state index in [9.17, 15) is 0 Å². The lowest BCUT2D eigenvalue weighted by atomic mass is 9.80. The van der Waals surface area contributed by atoms with Gasteiger partial charge in [0.05, 0.1) is 22.1 Å². The van der Waals surface area contributed by atoms with E-state index in [1.54, 1.807) is 0 Å². The molecule has 0 unspecified atom stereocenters. The monoisotopic (exact) mass is 828 g/mol. The molecule has 1 aliphatic carbocycles. The van der Waals surface area contributed by atoms with Crippen LogP contribution in [0.15, 0.2) is 231 Å². The second-order valence-electron chi connectivity index (χ2n) is 18.1. The lowest BCUT2D eigenvalue weighted by Gasteiger charge is -2.22. The quantitative estimate of drug-likeness (QED) is 0.158. The Balaban J connectivity index is 0.810. The third kappa shape index (κ3) is 5.88. The van der Waals surface area contributed by atoms with Gasteiger partial charge in [-0.3, -0.25) is 0 Å². The first-order valence-electron chi connectivity index (χ1n) is 22.7. The normalized spacial score (nSPS) is 12.9. The number of benzene rings is 10. The molecule has 0 radical (unpaired) electrons. The second kappa shape index (κ2) is 14.4. The molecule has 0 amide bonds. The minimum absolute atomic E-state index is 0.156.